The molecule has 55 heavy (non-hydrogen) atoms. The Bertz CT molecular complexity index is 2340. The van der Waals surface area contributed by atoms with Crippen LogP contribution in [0.15, 0.2) is 48.7 Å². The van der Waals surface area contributed by atoms with E-state index in [1.165, 1.54) is 14.2 Å². The number of hydrogen-bond donors (Lipinski definition) is 4. The van der Waals surface area contributed by atoms with Gasteiger partial charge in [0.1, 0.15) is 23.7 Å². The SMILES string of the molecule is [2H]C(NC(=O)OC)(C(=O)N1CCC[C@H]1c1ncc(-c2ccc(-c3ccc4c(ccc5[nH]c([C@@H]6CCCN6C(=O)C([2H])(NC(=O)OC)C(C)C)nc54)c3)s2)[nH]1)C(C)C. The second-order valence-electron chi connectivity index (χ2n) is 14.5. The molecule has 5 heterocycles. The largest absolute Gasteiger partial charge is 0.453 e. The summed E-state index contributed by atoms with van der Waals surface area (Å²) in [5, 5.41) is 6.85. The minimum absolute atomic E-state index is 0.361. The number of fused-ring (bicyclic) bond motifs is 3. The molecule has 0 radical (unpaired) electrons. The Labute approximate surface area is 326 Å². The fourth-order valence-electron chi connectivity index (χ4n) is 7.51. The summed E-state index contributed by atoms with van der Waals surface area (Å²) in [5.74, 6) is -0.728. The van der Waals surface area contributed by atoms with E-state index < -0.39 is 47.9 Å². The van der Waals surface area contributed by atoms with Gasteiger partial charge in [-0.15, -0.1) is 11.3 Å². The van der Waals surface area contributed by atoms with Gasteiger partial charge in [0.2, 0.25) is 11.8 Å². The molecule has 0 aliphatic carbocycles. The van der Waals surface area contributed by atoms with Crippen LogP contribution in [-0.4, -0.2) is 93.1 Å². The lowest BCUT2D eigenvalue weighted by molar-refractivity contribution is -0.136. The van der Waals surface area contributed by atoms with E-state index in [0.717, 1.165) is 55.7 Å². The number of aromatic amines is 2. The number of rotatable bonds is 10. The Morgan fingerprint density at radius 3 is 2.02 bits per heavy atom. The lowest BCUT2D eigenvalue weighted by Crippen LogP contribution is -2.51. The number of carbonyl (C=O) groups excluding carboxylic acids is 4. The molecule has 0 saturated carbocycles. The molecule has 2 aliphatic rings. The summed E-state index contributed by atoms with van der Waals surface area (Å²) in [6.07, 6.45) is 2.95. The van der Waals surface area contributed by atoms with Gasteiger partial charge >= 0.3 is 12.2 Å². The number of methoxy groups -OCH3 is 2. The molecule has 2 aliphatic heterocycles. The van der Waals surface area contributed by atoms with Crippen molar-refractivity contribution in [2.75, 3.05) is 27.3 Å². The average molecular weight is 771 g/mol. The fraction of sp³-hybridized carbons (Fsp3) is 0.450. The quantitative estimate of drug-likeness (QED) is 0.118. The number of imidazole rings is 2. The zero-order chi connectivity index (χ0) is 40.8. The maximum absolute atomic E-state index is 13.8. The molecular weight excluding hydrogens is 721 g/mol. The van der Waals surface area contributed by atoms with E-state index in [-0.39, 0.29) is 12.1 Å². The van der Waals surface area contributed by atoms with Gasteiger partial charge in [-0.25, -0.2) is 19.6 Å². The predicted octanol–water partition coefficient (Wildman–Crippen LogP) is 6.92. The minimum atomic E-state index is -1.89. The smallest absolute Gasteiger partial charge is 0.407 e. The van der Waals surface area contributed by atoms with Crippen molar-refractivity contribution in [1.29, 1.82) is 0 Å². The second kappa shape index (κ2) is 15.7. The molecular formula is C40H48N8O6S. The number of amides is 4. The summed E-state index contributed by atoms with van der Waals surface area (Å²) in [6.45, 7) is 7.78. The van der Waals surface area contributed by atoms with Crippen molar-refractivity contribution in [2.45, 2.75) is 77.5 Å². The molecule has 4 N–H and O–H groups in total. The fourth-order valence-corrected chi connectivity index (χ4v) is 8.48. The number of benzene rings is 2. The van der Waals surface area contributed by atoms with Gasteiger partial charge in [-0.1, -0.05) is 45.9 Å². The highest BCUT2D eigenvalue weighted by atomic mass is 32.1. The number of ether oxygens (including phenoxy) is 2. The number of likely N-dealkylation sites (tertiary alicyclic amines) is 2. The van der Waals surface area contributed by atoms with Gasteiger partial charge in [0.05, 0.1) is 56.8 Å². The number of carbonyl (C=O) groups is 4. The molecule has 290 valence electrons. The zero-order valence-electron chi connectivity index (χ0n) is 33.8. The first-order chi connectivity index (χ1) is 27.2. The van der Waals surface area contributed by atoms with Crippen LogP contribution in [0.2, 0.25) is 0 Å². The summed E-state index contributed by atoms with van der Waals surface area (Å²) in [7, 11) is 2.42. The Morgan fingerprint density at radius 1 is 0.818 bits per heavy atom. The highest BCUT2D eigenvalue weighted by molar-refractivity contribution is 7.18. The Balaban J connectivity index is 1.10. The molecule has 0 spiro atoms. The standard InChI is InChI=1S/C40H48N8O6S/c1-21(2)32(45-39(51)53-5)37(49)47-17-7-9-28(47)35-41-20-27(43-35)31-16-15-30(55-31)24-11-13-25-23(19-24)12-14-26-34(25)44-36(42-26)29-10-8-18-48(29)38(50)33(22(3)4)46-40(52)54-6/h11-16,19-22,28-29,32-33H,7-10,17-18H2,1-6H3,(H,41,43)(H,42,44)(H,45,51)(H,46,52)/t28-,29-,32?,33?/m0/s1/i32D,33D. The van der Waals surface area contributed by atoms with Gasteiger partial charge in [0, 0.05) is 23.4 Å². The maximum atomic E-state index is 13.8. The second-order valence-corrected chi connectivity index (χ2v) is 15.6. The van der Waals surface area contributed by atoms with Crippen molar-refractivity contribution >= 4 is 57.1 Å². The zero-order valence-corrected chi connectivity index (χ0v) is 32.6. The molecule has 5 aromatic rings. The molecule has 2 unspecified atom stereocenters. The minimum Gasteiger partial charge on any atom is -0.453 e. The third-order valence-corrected chi connectivity index (χ3v) is 11.5. The van der Waals surface area contributed by atoms with Crippen LogP contribution < -0.4 is 10.6 Å². The number of nitrogens with zero attached hydrogens (tertiary/aromatic N) is 4. The number of hydrogen-bond acceptors (Lipinski definition) is 9. The molecule has 4 amide bonds. The average Bonchev–Trinajstić information content (AvgIpc) is 4.05. The topological polar surface area (TPSA) is 175 Å². The summed E-state index contributed by atoms with van der Waals surface area (Å²) in [6, 6.07) is 9.88. The molecule has 15 heteroatoms. The van der Waals surface area contributed by atoms with E-state index >= 15 is 0 Å². The highest BCUT2D eigenvalue weighted by Gasteiger charge is 2.39. The Hall–Kier alpha value is -5.44. The number of nitrogens with one attached hydrogen (secondary N) is 4. The number of aromatic nitrogens is 4. The summed E-state index contributed by atoms with van der Waals surface area (Å²) < 4.78 is 27.2. The van der Waals surface area contributed by atoms with Crippen LogP contribution in [0.25, 0.3) is 42.8 Å². The number of thiophene rings is 1. The van der Waals surface area contributed by atoms with Gasteiger partial charge in [0.15, 0.2) is 0 Å². The first-order valence-electron chi connectivity index (χ1n) is 19.6. The van der Waals surface area contributed by atoms with Gasteiger partial charge in [-0.3, -0.25) is 9.59 Å². The monoisotopic (exact) mass is 770 g/mol. The van der Waals surface area contributed by atoms with Gasteiger partial charge < -0.3 is 39.9 Å². The van der Waals surface area contributed by atoms with Crippen molar-refractivity contribution in [3.63, 3.8) is 0 Å². The van der Waals surface area contributed by atoms with Crippen LogP contribution in [0, 0.1) is 11.8 Å². The number of H-pyrrole nitrogens is 2. The summed E-state index contributed by atoms with van der Waals surface area (Å²) >= 11 is 1.61. The van der Waals surface area contributed by atoms with Crippen LogP contribution in [0.5, 0.6) is 0 Å². The van der Waals surface area contributed by atoms with Crippen LogP contribution in [-0.2, 0) is 19.1 Å². The van der Waals surface area contributed by atoms with Crippen molar-refractivity contribution < 1.29 is 31.4 Å². The molecule has 0 bridgehead atoms. The molecule has 3 aromatic heterocycles. The van der Waals surface area contributed by atoms with E-state index in [1.807, 2.05) is 18.2 Å². The van der Waals surface area contributed by atoms with Gasteiger partial charge in [0.25, 0.3) is 0 Å². The van der Waals surface area contributed by atoms with E-state index in [1.54, 1.807) is 55.0 Å². The summed E-state index contributed by atoms with van der Waals surface area (Å²) in [4.78, 5) is 73.5. The van der Waals surface area contributed by atoms with E-state index in [2.05, 4.69) is 49.9 Å². The van der Waals surface area contributed by atoms with Crippen LogP contribution >= 0.6 is 11.3 Å². The third-order valence-electron chi connectivity index (χ3n) is 10.4. The van der Waals surface area contributed by atoms with Crippen molar-refractivity contribution in [3.05, 3.63) is 60.3 Å². The van der Waals surface area contributed by atoms with E-state index in [4.69, 9.17) is 17.2 Å². The summed E-state index contributed by atoms with van der Waals surface area (Å²) in [5.41, 5.74) is 3.48. The molecule has 14 nitrogen and oxygen atoms in total. The van der Waals surface area contributed by atoms with E-state index in [9.17, 15) is 19.2 Å². The highest BCUT2D eigenvalue weighted by Crippen LogP contribution is 2.39. The van der Waals surface area contributed by atoms with Crippen LogP contribution in [0.1, 0.15) is 79.9 Å². The van der Waals surface area contributed by atoms with Gasteiger partial charge in [-0.05, 0) is 72.7 Å². The Kier molecular flexibility index (Phi) is 10.1. The molecule has 2 saturated heterocycles. The lowest BCUT2D eigenvalue weighted by atomic mass is 10.0. The van der Waals surface area contributed by atoms with Gasteiger partial charge in [-0.2, -0.15) is 0 Å². The lowest BCUT2D eigenvalue weighted by Gasteiger charge is -2.30. The van der Waals surface area contributed by atoms with Crippen LogP contribution in [0.4, 0.5) is 9.59 Å². The maximum Gasteiger partial charge on any atom is 0.407 e. The molecule has 7 rings (SSSR count). The third kappa shape index (κ3) is 7.49. The normalized spacial score (nSPS) is 20.0. The molecule has 2 aromatic carbocycles. The van der Waals surface area contributed by atoms with Crippen LogP contribution in [0.3, 0.4) is 0 Å². The predicted molar refractivity (Wildman–Crippen MR) is 210 cm³/mol. The first-order valence-corrected chi connectivity index (χ1v) is 19.4. The molecule has 2 fully saturated rings. The molecule has 4 atom stereocenters. The van der Waals surface area contributed by atoms with Crippen molar-refractivity contribution in [3.8, 4) is 21.0 Å². The number of alkyl carbamates (subject to hydrolysis) is 2. The van der Waals surface area contributed by atoms with E-state index in [0.29, 0.717) is 37.6 Å². The Morgan fingerprint density at radius 2 is 1.42 bits per heavy atom. The van der Waals surface area contributed by atoms with Crippen molar-refractivity contribution in [1.82, 2.24) is 40.4 Å². The van der Waals surface area contributed by atoms with Crippen molar-refractivity contribution in [2.24, 2.45) is 11.8 Å². The first kappa shape index (κ1) is 35.3.